The lowest BCUT2D eigenvalue weighted by Crippen LogP contribution is -2.50. The number of benzene rings is 4. The van der Waals surface area contributed by atoms with Crippen molar-refractivity contribution in [3.8, 4) is 0 Å². The summed E-state index contributed by atoms with van der Waals surface area (Å²) in [5, 5.41) is 0. The maximum Gasteiger partial charge on any atom is 0.284 e. The Hall–Kier alpha value is -3.81. The van der Waals surface area contributed by atoms with E-state index in [9.17, 15) is 12.8 Å². The summed E-state index contributed by atoms with van der Waals surface area (Å²) in [6.07, 6.45) is 0. The van der Waals surface area contributed by atoms with Crippen LogP contribution in [0.1, 0.15) is 22.7 Å². The molecule has 37 heavy (non-hydrogen) atoms. The van der Waals surface area contributed by atoms with Crippen LogP contribution in [0.4, 0.5) is 4.39 Å². The smallest absolute Gasteiger partial charge is 0.284 e. The summed E-state index contributed by atoms with van der Waals surface area (Å²) in [5.41, 5.74) is 3.17. The minimum absolute atomic E-state index is 0.0332. The second-order valence-electron chi connectivity index (χ2n) is 8.96. The molecule has 5 rings (SSSR count). The number of sulfonamides is 1. The monoisotopic (exact) mass is 513 g/mol. The minimum atomic E-state index is -4.02. The molecule has 188 valence electrons. The first-order valence-electron chi connectivity index (χ1n) is 12.3. The second kappa shape index (κ2) is 11.1. The van der Waals surface area contributed by atoms with E-state index in [1.54, 1.807) is 0 Å². The van der Waals surface area contributed by atoms with Crippen LogP contribution < -0.4 is 0 Å². The Kier molecular flexibility index (Phi) is 7.44. The van der Waals surface area contributed by atoms with E-state index in [2.05, 4.69) is 57.8 Å². The maximum absolute atomic E-state index is 13.4. The molecule has 0 aromatic heterocycles. The summed E-state index contributed by atoms with van der Waals surface area (Å²) in [5.74, 6) is -0.0886. The van der Waals surface area contributed by atoms with Gasteiger partial charge in [0.1, 0.15) is 11.7 Å². The summed E-state index contributed by atoms with van der Waals surface area (Å²) >= 11 is 0. The molecule has 0 unspecified atom stereocenters. The van der Waals surface area contributed by atoms with E-state index in [1.807, 2.05) is 47.4 Å². The molecule has 0 amide bonds. The molecule has 1 aliphatic heterocycles. The highest BCUT2D eigenvalue weighted by atomic mass is 32.2. The first-order chi connectivity index (χ1) is 18.0. The number of piperazine rings is 1. The predicted molar refractivity (Wildman–Crippen MR) is 144 cm³/mol. The molecule has 0 saturated carbocycles. The molecule has 5 nitrogen and oxygen atoms in total. The highest BCUT2D eigenvalue weighted by Crippen LogP contribution is 2.30. The first-order valence-corrected chi connectivity index (χ1v) is 13.7. The van der Waals surface area contributed by atoms with Gasteiger partial charge in [-0.15, -0.1) is 4.40 Å². The summed E-state index contributed by atoms with van der Waals surface area (Å²) in [6.45, 7) is 2.69. The van der Waals surface area contributed by atoms with Crippen molar-refractivity contribution in [2.45, 2.75) is 10.9 Å². The lowest BCUT2D eigenvalue weighted by atomic mass is 9.96. The fraction of sp³-hybridized carbons (Fsp3) is 0.167. The average molecular weight is 514 g/mol. The first kappa shape index (κ1) is 24.9. The van der Waals surface area contributed by atoms with Gasteiger partial charge in [0.15, 0.2) is 0 Å². The number of nitrogens with zero attached hydrogens (tertiary/aromatic N) is 3. The van der Waals surface area contributed by atoms with Crippen LogP contribution in [0, 0.1) is 5.82 Å². The van der Waals surface area contributed by atoms with Crippen molar-refractivity contribution in [2.75, 3.05) is 26.2 Å². The predicted octanol–water partition coefficient (Wildman–Crippen LogP) is 5.37. The number of hydrogen-bond donors (Lipinski definition) is 0. The molecule has 0 radical (unpaired) electrons. The van der Waals surface area contributed by atoms with Crippen molar-refractivity contribution in [2.24, 2.45) is 4.40 Å². The van der Waals surface area contributed by atoms with E-state index in [0.29, 0.717) is 18.9 Å². The van der Waals surface area contributed by atoms with E-state index in [4.69, 9.17) is 0 Å². The van der Waals surface area contributed by atoms with Gasteiger partial charge < -0.3 is 4.90 Å². The largest absolute Gasteiger partial charge is 0.353 e. The van der Waals surface area contributed by atoms with Crippen LogP contribution in [-0.2, 0) is 10.0 Å². The summed E-state index contributed by atoms with van der Waals surface area (Å²) < 4.78 is 44.0. The molecule has 1 fully saturated rings. The zero-order valence-corrected chi connectivity index (χ0v) is 21.1. The standard InChI is InChI=1S/C30H28FN3O2S/c31-27-16-18-28(19-17-27)37(35,36)32-30(26-14-8-3-9-15-26)34-22-20-33(21-23-34)29(24-10-4-1-5-11-24)25-12-6-2-7-13-25/h1-19,29H,20-23H2/b32-30+. The third kappa shape index (κ3) is 5.79. The van der Waals surface area contributed by atoms with Gasteiger partial charge >= 0.3 is 0 Å². The van der Waals surface area contributed by atoms with Crippen molar-refractivity contribution in [3.05, 3.63) is 138 Å². The quantitative estimate of drug-likeness (QED) is 0.257. The topological polar surface area (TPSA) is 53.0 Å². The van der Waals surface area contributed by atoms with Gasteiger partial charge in [0.05, 0.1) is 10.9 Å². The van der Waals surface area contributed by atoms with Gasteiger partial charge in [0.25, 0.3) is 10.0 Å². The van der Waals surface area contributed by atoms with Gasteiger partial charge in [-0.1, -0.05) is 91.0 Å². The Morgan fingerprint density at radius 1 is 0.676 bits per heavy atom. The SMILES string of the molecule is O=S(=O)(/N=C(\c1ccccc1)N1CCN(C(c2ccccc2)c2ccccc2)CC1)c1ccc(F)cc1. The maximum atomic E-state index is 13.4. The molecule has 0 spiro atoms. The van der Waals surface area contributed by atoms with Crippen LogP contribution in [0.5, 0.6) is 0 Å². The second-order valence-corrected chi connectivity index (χ2v) is 10.6. The van der Waals surface area contributed by atoms with E-state index < -0.39 is 15.8 Å². The van der Waals surface area contributed by atoms with Gasteiger partial charge in [-0.3, -0.25) is 4.90 Å². The zero-order chi connectivity index (χ0) is 25.7. The number of halogens is 1. The van der Waals surface area contributed by atoms with Crippen LogP contribution in [-0.4, -0.2) is 50.2 Å². The van der Waals surface area contributed by atoms with Gasteiger partial charge in [-0.05, 0) is 35.4 Å². The van der Waals surface area contributed by atoms with Crippen molar-refractivity contribution >= 4 is 15.9 Å². The van der Waals surface area contributed by atoms with Crippen LogP contribution >= 0.6 is 0 Å². The molecule has 0 aliphatic carbocycles. The van der Waals surface area contributed by atoms with E-state index in [0.717, 1.165) is 30.8 Å². The van der Waals surface area contributed by atoms with Crippen LogP contribution in [0.3, 0.4) is 0 Å². The van der Waals surface area contributed by atoms with Crippen molar-refractivity contribution in [3.63, 3.8) is 0 Å². The molecule has 1 heterocycles. The molecular weight excluding hydrogens is 485 g/mol. The molecule has 1 aliphatic rings. The van der Waals surface area contributed by atoms with Crippen molar-refractivity contribution in [1.82, 2.24) is 9.80 Å². The fourth-order valence-corrected chi connectivity index (χ4v) is 5.76. The van der Waals surface area contributed by atoms with E-state index in [1.165, 1.54) is 23.3 Å². The normalized spacial score (nSPS) is 15.2. The zero-order valence-electron chi connectivity index (χ0n) is 20.3. The number of hydrogen-bond acceptors (Lipinski definition) is 3. The van der Waals surface area contributed by atoms with Crippen LogP contribution in [0.25, 0.3) is 0 Å². The number of rotatable bonds is 6. The Morgan fingerprint density at radius 3 is 1.68 bits per heavy atom. The third-order valence-electron chi connectivity index (χ3n) is 6.56. The lowest BCUT2D eigenvalue weighted by Gasteiger charge is -2.41. The van der Waals surface area contributed by atoms with Crippen molar-refractivity contribution in [1.29, 1.82) is 0 Å². The third-order valence-corrected chi connectivity index (χ3v) is 7.84. The minimum Gasteiger partial charge on any atom is -0.353 e. The molecule has 7 heteroatoms. The highest BCUT2D eigenvalue weighted by molar-refractivity contribution is 7.90. The van der Waals surface area contributed by atoms with Gasteiger partial charge in [-0.25, -0.2) is 4.39 Å². The lowest BCUT2D eigenvalue weighted by molar-refractivity contribution is 0.150. The molecule has 0 bridgehead atoms. The summed E-state index contributed by atoms with van der Waals surface area (Å²) in [4.78, 5) is 4.42. The number of amidine groups is 1. The van der Waals surface area contributed by atoms with E-state index >= 15 is 0 Å². The van der Waals surface area contributed by atoms with Crippen LogP contribution in [0.15, 0.2) is 125 Å². The Labute approximate surface area is 217 Å². The van der Waals surface area contributed by atoms with Gasteiger partial charge in [0, 0.05) is 31.7 Å². The van der Waals surface area contributed by atoms with Gasteiger partial charge in [0.2, 0.25) is 0 Å². The molecular formula is C30H28FN3O2S. The molecule has 0 N–H and O–H groups in total. The van der Waals surface area contributed by atoms with Crippen LogP contribution in [0.2, 0.25) is 0 Å². The molecule has 4 aromatic rings. The molecule has 4 aromatic carbocycles. The van der Waals surface area contributed by atoms with Crippen molar-refractivity contribution < 1.29 is 12.8 Å². The summed E-state index contributed by atoms with van der Waals surface area (Å²) in [6, 6.07) is 35.1. The Morgan fingerprint density at radius 2 is 1.16 bits per heavy atom. The summed E-state index contributed by atoms with van der Waals surface area (Å²) in [7, 11) is -4.02. The average Bonchev–Trinajstić information content (AvgIpc) is 2.94. The molecule has 0 atom stereocenters. The fourth-order valence-electron chi connectivity index (χ4n) is 4.73. The Balaban J connectivity index is 1.44. The van der Waals surface area contributed by atoms with Gasteiger partial charge in [-0.2, -0.15) is 8.42 Å². The highest BCUT2D eigenvalue weighted by Gasteiger charge is 2.29. The Bertz CT molecular complexity index is 1400. The van der Waals surface area contributed by atoms with E-state index in [-0.39, 0.29) is 10.9 Å². The molecule has 1 saturated heterocycles.